The molecule has 0 saturated heterocycles. The van der Waals surface area contributed by atoms with Crippen LogP contribution in [-0.4, -0.2) is 35.6 Å². The molecule has 0 bridgehead atoms. The average molecular weight is 645 g/mol. The fourth-order valence-electron chi connectivity index (χ4n) is 4.87. The molecular weight excluding hydrogens is 600 g/mol. The number of unbranched alkanes of at least 4 members (excludes halogenated alkanes) is 7. The first-order chi connectivity index (χ1) is 22.7. The zero-order chi connectivity index (χ0) is 34.0. The minimum Gasteiger partial charge on any atom is -0.478 e. The van der Waals surface area contributed by atoms with E-state index in [9.17, 15) is 24.3 Å². The SMILES string of the molecule is CCCCCC(=O)Oc1ccc(OC(=O)/C=C/c2ccc(C(=O)OCCCCCCCCc3c(N)cc(N)cc3C(=O)O)cc2)cc1. The molecule has 0 aromatic heterocycles. The van der Waals surface area contributed by atoms with Gasteiger partial charge in [-0.05, 0) is 91.4 Å². The number of hydrogen-bond donors (Lipinski definition) is 3. The molecule has 0 amide bonds. The lowest BCUT2D eigenvalue weighted by Gasteiger charge is -2.11. The quantitative estimate of drug-likeness (QED) is 0.0393. The topological polar surface area (TPSA) is 168 Å². The molecule has 3 rings (SSSR count). The number of carbonyl (C=O) groups is 4. The van der Waals surface area contributed by atoms with Crippen molar-refractivity contribution in [2.75, 3.05) is 18.1 Å². The number of anilines is 2. The van der Waals surface area contributed by atoms with Crippen LogP contribution in [0.3, 0.4) is 0 Å². The summed E-state index contributed by atoms with van der Waals surface area (Å²) < 4.78 is 16.0. The summed E-state index contributed by atoms with van der Waals surface area (Å²) in [4.78, 5) is 48.0. The Labute approximate surface area is 275 Å². The van der Waals surface area contributed by atoms with Crippen molar-refractivity contribution in [2.45, 2.75) is 77.6 Å². The first kappa shape index (κ1) is 36.3. The third-order valence-electron chi connectivity index (χ3n) is 7.41. The molecule has 0 atom stereocenters. The van der Waals surface area contributed by atoms with E-state index in [2.05, 4.69) is 6.92 Å². The largest absolute Gasteiger partial charge is 0.478 e. The molecule has 47 heavy (non-hydrogen) atoms. The predicted molar refractivity (Wildman–Crippen MR) is 181 cm³/mol. The second-order valence-electron chi connectivity index (χ2n) is 11.2. The van der Waals surface area contributed by atoms with E-state index in [1.807, 2.05) is 0 Å². The van der Waals surface area contributed by atoms with E-state index in [1.54, 1.807) is 60.7 Å². The highest BCUT2D eigenvalue weighted by Crippen LogP contribution is 2.24. The Kier molecular flexibility index (Phi) is 15.0. The van der Waals surface area contributed by atoms with Crippen molar-refractivity contribution in [3.63, 3.8) is 0 Å². The average Bonchev–Trinajstić information content (AvgIpc) is 3.04. The number of aromatic carboxylic acids is 1. The summed E-state index contributed by atoms with van der Waals surface area (Å²) in [5.74, 6) is -1.59. The molecule has 0 fully saturated rings. The molecule has 0 heterocycles. The number of rotatable bonds is 19. The van der Waals surface area contributed by atoms with E-state index in [1.165, 1.54) is 12.1 Å². The summed E-state index contributed by atoms with van der Waals surface area (Å²) in [6.45, 7) is 2.38. The number of nitrogen functional groups attached to an aromatic ring is 2. The number of hydrogen-bond acceptors (Lipinski definition) is 9. The molecule has 10 nitrogen and oxygen atoms in total. The number of carboxylic acids is 1. The molecule has 0 aliphatic carbocycles. The number of carbonyl (C=O) groups excluding carboxylic acids is 3. The molecule has 3 aromatic rings. The van der Waals surface area contributed by atoms with Crippen LogP contribution in [-0.2, 0) is 20.7 Å². The Morgan fingerprint density at radius 1 is 0.766 bits per heavy atom. The maximum atomic E-state index is 12.4. The van der Waals surface area contributed by atoms with Gasteiger partial charge in [-0.15, -0.1) is 0 Å². The highest BCUT2D eigenvalue weighted by molar-refractivity contribution is 5.93. The maximum absolute atomic E-state index is 12.4. The number of esters is 3. The van der Waals surface area contributed by atoms with Crippen LogP contribution >= 0.6 is 0 Å². The van der Waals surface area contributed by atoms with Gasteiger partial charge in [0.25, 0.3) is 0 Å². The van der Waals surface area contributed by atoms with Crippen LogP contribution in [0.15, 0.2) is 66.7 Å². The van der Waals surface area contributed by atoms with Gasteiger partial charge in [0, 0.05) is 23.9 Å². The lowest BCUT2D eigenvalue weighted by atomic mass is 9.98. The summed E-state index contributed by atoms with van der Waals surface area (Å²) in [6.07, 6.45) is 12.0. The summed E-state index contributed by atoms with van der Waals surface area (Å²) in [7, 11) is 0. The number of benzene rings is 3. The van der Waals surface area contributed by atoms with Gasteiger partial charge in [-0.3, -0.25) is 4.79 Å². The van der Waals surface area contributed by atoms with E-state index in [0.717, 1.165) is 57.8 Å². The van der Waals surface area contributed by atoms with Crippen molar-refractivity contribution >= 4 is 41.3 Å². The lowest BCUT2D eigenvalue weighted by molar-refractivity contribution is -0.134. The smallest absolute Gasteiger partial charge is 0.338 e. The summed E-state index contributed by atoms with van der Waals surface area (Å²) in [6, 6.07) is 16.0. The molecule has 5 N–H and O–H groups in total. The van der Waals surface area contributed by atoms with Crippen molar-refractivity contribution < 1.29 is 38.5 Å². The minimum atomic E-state index is -1.03. The molecule has 0 aliphatic heterocycles. The Balaban J connectivity index is 1.29. The van der Waals surface area contributed by atoms with Gasteiger partial charge in [-0.2, -0.15) is 0 Å². The Morgan fingerprint density at radius 2 is 1.40 bits per heavy atom. The van der Waals surface area contributed by atoms with Gasteiger partial charge >= 0.3 is 23.9 Å². The van der Waals surface area contributed by atoms with Crippen LogP contribution < -0.4 is 20.9 Å². The van der Waals surface area contributed by atoms with Crippen molar-refractivity contribution in [1.82, 2.24) is 0 Å². The fraction of sp³-hybridized carbons (Fsp3) is 0.351. The second kappa shape index (κ2) is 19.4. The second-order valence-corrected chi connectivity index (χ2v) is 11.2. The Hall–Kier alpha value is -5.12. The number of nitrogens with two attached hydrogens (primary N) is 2. The molecule has 3 aromatic carbocycles. The lowest BCUT2D eigenvalue weighted by Crippen LogP contribution is -2.08. The normalized spacial score (nSPS) is 10.9. The zero-order valence-electron chi connectivity index (χ0n) is 26.9. The van der Waals surface area contributed by atoms with E-state index >= 15 is 0 Å². The van der Waals surface area contributed by atoms with Crippen molar-refractivity contribution in [3.8, 4) is 11.5 Å². The number of carboxylic acid groups (broad SMARTS) is 1. The van der Waals surface area contributed by atoms with Crippen LogP contribution in [0.25, 0.3) is 6.08 Å². The van der Waals surface area contributed by atoms with Gasteiger partial charge < -0.3 is 30.8 Å². The Morgan fingerprint density at radius 3 is 2.06 bits per heavy atom. The Bertz CT molecular complexity index is 1510. The summed E-state index contributed by atoms with van der Waals surface area (Å²) in [5.41, 5.74) is 14.4. The van der Waals surface area contributed by atoms with Crippen LogP contribution in [0, 0.1) is 0 Å². The number of ether oxygens (including phenoxy) is 3. The van der Waals surface area contributed by atoms with Gasteiger partial charge in [0.05, 0.1) is 17.7 Å². The van der Waals surface area contributed by atoms with Crippen LogP contribution in [0.5, 0.6) is 11.5 Å². The molecule has 10 heteroatoms. The first-order valence-corrected chi connectivity index (χ1v) is 16.0. The van der Waals surface area contributed by atoms with Crippen molar-refractivity contribution in [1.29, 1.82) is 0 Å². The first-order valence-electron chi connectivity index (χ1n) is 16.0. The third kappa shape index (κ3) is 13.0. The van der Waals surface area contributed by atoms with Crippen molar-refractivity contribution in [2.24, 2.45) is 0 Å². The molecule has 0 saturated carbocycles. The van der Waals surface area contributed by atoms with Gasteiger partial charge in [0.2, 0.25) is 0 Å². The monoisotopic (exact) mass is 644 g/mol. The maximum Gasteiger partial charge on any atom is 0.338 e. The molecule has 0 aliphatic rings. The molecular formula is C37H44N2O8. The molecule has 0 spiro atoms. The standard InChI is InChI=1S/C37H44N2O8/c1-2-3-8-12-34(40)46-29-18-20-30(21-19-29)47-35(41)22-15-26-13-16-27(17-14-26)37(44)45-23-10-7-5-4-6-9-11-31-32(36(42)43)24-28(38)25-33(31)39/h13-22,24-25H,2-12,23,38-39H2,1H3,(H,42,43)/b22-15+. The van der Waals surface area contributed by atoms with Crippen molar-refractivity contribution in [3.05, 3.63) is 89.0 Å². The fourth-order valence-corrected chi connectivity index (χ4v) is 4.87. The third-order valence-corrected chi connectivity index (χ3v) is 7.41. The van der Waals surface area contributed by atoms with E-state index in [-0.39, 0.29) is 11.5 Å². The van der Waals surface area contributed by atoms with Gasteiger partial charge in [0.15, 0.2) is 0 Å². The van der Waals surface area contributed by atoms with E-state index in [4.69, 9.17) is 25.7 Å². The predicted octanol–water partition coefficient (Wildman–Crippen LogP) is 7.39. The van der Waals surface area contributed by atoms with Gasteiger partial charge in [-0.25, -0.2) is 14.4 Å². The summed E-state index contributed by atoms with van der Waals surface area (Å²) in [5, 5.41) is 9.41. The van der Waals surface area contributed by atoms with Gasteiger partial charge in [-0.1, -0.05) is 57.6 Å². The van der Waals surface area contributed by atoms with Crippen LogP contribution in [0.2, 0.25) is 0 Å². The molecule has 250 valence electrons. The van der Waals surface area contributed by atoms with E-state index in [0.29, 0.717) is 59.0 Å². The molecule has 0 radical (unpaired) electrons. The minimum absolute atomic E-state index is 0.161. The summed E-state index contributed by atoms with van der Waals surface area (Å²) >= 11 is 0. The molecule has 0 unspecified atom stereocenters. The highest BCUT2D eigenvalue weighted by atomic mass is 16.5. The van der Waals surface area contributed by atoms with E-state index < -0.39 is 17.9 Å². The van der Waals surface area contributed by atoms with Crippen LogP contribution in [0.4, 0.5) is 11.4 Å². The zero-order valence-corrected chi connectivity index (χ0v) is 26.9. The van der Waals surface area contributed by atoms with Crippen LogP contribution in [0.1, 0.15) is 103 Å². The van der Waals surface area contributed by atoms with Gasteiger partial charge in [0.1, 0.15) is 11.5 Å². The highest BCUT2D eigenvalue weighted by Gasteiger charge is 2.14.